The lowest BCUT2D eigenvalue weighted by Crippen LogP contribution is -2.05. The van der Waals surface area contributed by atoms with Gasteiger partial charge in [-0.1, -0.05) is 34.8 Å². The molecule has 0 bridgehead atoms. The third kappa shape index (κ3) is 3.38. The maximum atomic E-state index is 6.31. The Kier molecular flexibility index (Phi) is 4.77. The SMILES string of the molecule is Cc1nc(Cl)c(N)c(Oc2c(C)c(C)nn2-c2ccc(Cl)cc2Cl)n1. The molecular formula is C16H14Cl3N5O. The van der Waals surface area contributed by atoms with Gasteiger partial charge in [0.1, 0.15) is 11.5 Å². The van der Waals surface area contributed by atoms with Crippen LogP contribution in [0.3, 0.4) is 0 Å². The van der Waals surface area contributed by atoms with E-state index >= 15 is 0 Å². The second-order valence-corrected chi connectivity index (χ2v) is 6.61. The highest BCUT2D eigenvalue weighted by Gasteiger charge is 2.20. The van der Waals surface area contributed by atoms with Crippen LogP contribution in [0.1, 0.15) is 17.1 Å². The van der Waals surface area contributed by atoms with E-state index in [1.807, 2.05) is 13.8 Å². The van der Waals surface area contributed by atoms with Gasteiger partial charge in [0, 0.05) is 10.6 Å². The number of nitrogen functional groups attached to an aromatic ring is 1. The molecular weight excluding hydrogens is 385 g/mol. The minimum absolute atomic E-state index is 0.132. The molecule has 9 heteroatoms. The van der Waals surface area contributed by atoms with Crippen molar-refractivity contribution < 1.29 is 4.74 Å². The van der Waals surface area contributed by atoms with Gasteiger partial charge in [0.05, 0.1) is 16.4 Å². The molecule has 0 atom stereocenters. The lowest BCUT2D eigenvalue weighted by atomic mass is 10.3. The molecule has 6 nitrogen and oxygen atoms in total. The van der Waals surface area contributed by atoms with Crippen LogP contribution in [-0.2, 0) is 0 Å². The number of hydrogen-bond donors (Lipinski definition) is 1. The first-order chi connectivity index (χ1) is 11.8. The quantitative estimate of drug-likeness (QED) is 0.633. The van der Waals surface area contributed by atoms with Crippen LogP contribution >= 0.6 is 34.8 Å². The molecule has 3 aromatic rings. The van der Waals surface area contributed by atoms with Gasteiger partial charge in [0.25, 0.3) is 0 Å². The zero-order valence-electron chi connectivity index (χ0n) is 13.6. The molecule has 2 heterocycles. The topological polar surface area (TPSA) is 78.9 Å². The largest absolute Gasteiger partial charge is 0.418 e. The van der Waals surface area contributed by atoms with Crippen molar-refractivity contribution in [1.29, 1.82) is 0 Å². The van der Waals surface area contributed by atoms with Crippen molar-refractivity contribution in [3.63, 3.8) is 0 Å². The average Bonchev–Trinajstić information content (AvgIpc) is 2.80. The zero-order valence-corrected chi connectivity index (χ0v) is 15.9. The normalized spacial score (nSPS) is 11.0. The van der Waals surface area contributed by atoms with Gasteiger partial charge >= 0.3 is 0 Å². The Morgan fingerprint density at radius 3 is 2.48 bits per heavy atom. The lowest BCUT2D eigenvalue weighted by molar-refractivity contribution is 0.425. The van der Waals surface area contributed by atoms with Gasteiger partial charge in [-0.25, -0.2) is 4.98 Å². The number of hydrogen-bond acceptors (Lipinski definition) is 5. The van der Waals surface area contributed by atoms with Crippen LogP contribution in [0.4, 0.5) is 5.69 Å². The number of rotatable bonds is 3. The predicted molar refractivity (Wildman–Crippen MR) is 99.3 cm³/mol. The monoisotopic (exact) mass is 397 g/mol. The molecule has 3 rings (SSSR count). The molecule has 2 aromatic heterocycles. The minimum atomic E-state index is 0.132. The van der Waals surface area contributed by atoms with Crippen LogP contribution in [0, 0.1) is 20.8 Å². The molecule has 1 aromatic carbocycles. The lowest BCUT2D eigenvalue weighted by Gasteiger charge is -2.13. The van der Waals surface area contributed by atoms with E-state index < -0.39 is 0 Å². The molecule has 0 aliphatic carbocycles. The molecule has 0 fully saturated rings. The molecule has 0 saturated carbocycles. The van der Waals surface area contributed by atoms with Crippen molar-refractivity contribution in [2.75, 3.05) is 5.73 Å². The summed E-state index contributed by atoms with van der Waals surface area (Å²) < 4.78 is 7.52. The smallest absolute Gasteiger partial charge is 0.249 e. The molecule has 0 unspecified atom stereocenters. The van der Waals surface area contributed by atoms with Gasteiger partial charge in [-0.05, 0) is 39.0 Å². The number of aromatic nitrogens is 4. The molecule has 0 saturated heterocycles. The number of anilines is 1. The Balaban J connectivity index is 2.15. The summed E-state index contributed by atoms with van der Waals surface area (Å²) in [7, 11) is 0. The van der Waals surface area contributed by atoms with E-state index in [1.165, 1.54) is 0 Å². The molecule has 25 heavy (non-hydrogen) atoms. The summed E-state index contributed by atoms with van der Waals surface area (Å²) >= 11 is 18.3. The molecule has 0 amide bonds. The molecule has 0 spiro atoms. The van der Waals surface area contributed by atoms with Crippen molar-refractivity contribution in [2.24, 2.45) is 0 Å². The first kappa shape index (κ1) is 17.8. The standard InChI is InChI=1S/C16H14Cl3N5O/c1-7-8(2)23-24(12-5-4-10(17)6-11(12)18)16(7)25-15-13(20)14(19)21-9(3)22-15/h4-6H,20H2,1-3H3. The third-order valence-corrected chi connectivity index (χ3v) is 4.44. The van der Waals surface area contributed by atoms with E-state index in [4.69, 9.17) is 45.3 Å². The van der Waals surface area contributed by atoms with Crippen molar-refractivity contribution >= 4 is 40.5 Å². The van der Waals surface area contributed by atoms with E-state index in [0.717, 1.165) is 11.3 Å². The number of halogens is 3. The van der Waals surface area contributed by atoms with E-state index in [1.54, 1.807) is 29.8 Å². The van der Waals surface area contributed by atoms with Crippen LogP contribution in [0.25, 0.3) is 5.69 Å². The summed E-state index contributed by atoms with van der Waals surface area (Å²) in [4.78, 5) is 8.21. The minimum Gasteiger partial charge on any atom is -0.418 e. The summed E-state index contributed by atoms with van der Waals surface area (Å²) in [6.45, 7) is 5.44. The van der Waals surface area contributed by atoms with Crippen LogP contribution in [-0.4, -0.2) is 19.7 Å². The van der Waals surface area contributed by atoms with E-state index in [9.17, 15) is 0 Å². The van der Waals surface area contributed by atoms with Gasteiger partial charge in [0.15, 0.2) is 5.15 Å². The van der Waals surface area contributed by atoms with Crippen molar-refractivity contribution in [1.82, 2.24) is 19.7 Å². The highest BCUT2D eigenvalue weighted by Crippen LogP contribution is 2.35. The Labute approximate surface area is 159 Å². The highest BCUT2D eigenvalue weighted by atomic mass is 35.5. The Hall–Kier alpha value is -2.02. The number of aryl methyl sites for hydroxylation is 2. The highest BCUT2D eigenvalue weighted by molar-refractivity contribution is 6.35. The van der Waals surface area contributed by atoms with E-state index in [-0.39, 0.29) is 16.7 Å². The number of benzene rings is 1. The maximum absolute atomic E-state index is 6.31. The summed E-state index contributed by atoms with van der Waals surface area (Å²) in [6.07, 6.45) is 0. The number of nitrogens with two attached hydrogens (primary N) is 1. The van der Waals surface area contributed by atoms with Crippen LogP contribution < -0.4 is 10.5 Å². The average molecular weight is 399 g/mol. The second-order valence-electron chi connectivity index (χ2n) is 5.41. The summed E-state index contributed by atoms with van der Waals surface area (Å²) in [5.74, 6) is 1.04. The Morgan fingerprint density at radius 2 is 1.80 bits per heavy atom. The Bertz CT molecular complexity index is 971. The first-order valence-electron chi connectivity index (χ1n) is 7.27. The van der Waals surface area contributed by atoms with Gasteiger partial charge in [-0.15, -0.1) is 0 Å². The van der Waals surface area contributed by atoms with Crippen LogP contribution in [0.2, 0.25) is 15.2 Å². The number of ether oxygens (including phenoxy) is 1. The summed E-state index contributed by atoms with van der Waals surface area (Å²) in [5.41, 5.74) is 8.30. The van der Waals surface area contributed by atoms with Crippen LogP contribution in [0.5, 0.6) is 11.8 Å². The molecule has 130 valence electrons. The van der Waals surface area contributed by atoms with Crippen molar-refractivity contribution in [3.8, 4) is 17.4 Å². The zero-order chi connectivity index (χ0) is 18.3. The van der Waals surface area contributed by atoms with Crippen molar-refractivity contribution in [2.45, 2.75) is 20.8 Å². The molecule has 0 aliphatic heterocycles. The third-order valence-electron chi connectivity index (χ3n) is 3.61. The van der Waals surface area contributed by atoms with Gasteiger partial charge in [0.2, 0.25) is 11.8 Å². The predicted octanol–water partition coefficient (Wildman–Crippen LogP) is 4.92. The Morgan fingerprint density at radius 1 is 1.08 bits per heavy atom. The molecule has 2 N–H and O–H groups in total. The number of nitrogens with zero attached hydrogens (tertiary/aromatic N) is 4. The van der Waals surface area contributed by atoms with Gasteiger partial charge < -0.3 is 10.5 Å². The van der Waals surface area contributed by atoms with Crippen molar-refractivity contribution in [3.05, 3.63) is 50.5 Å². The van der Waals surface area contributed by atoms with Gasteiger partial charge in [-0.3, -0.25) is 0 Å². The summed E-state index contributed by atoms with van der Waals surface area (Å²) in [6, 6.07) is 5.11. The molecule has 0 aliphatic rings. The fraction of sp³-hybridized carbons (Fsp3) is 0.188. The maximum Gasteiger partial charge on any atom is 0.249 e. The summed E-state index contributed by atoms with van der Waals surface area (Å²) in [5, 5.41) is 5.58. The van der Waals surface area contributed by atoms with Crippen LogP contribution in [0.15, 0.2) is 18.2 Å². The first-order valence-corrected chi connectivity index (χ1v) is 8.40. The van der Waals surface area contributed by atoms with E-state index in [0.29, 0.717) is 27.4 Å². The fourth-order valence-corrected chi connectivity index (χ4v) is 2.90. The second kappa shape index (κ2) is 6.71. The molecule has 0 radical (unpaired) electrons. The van der Waals surface area contributed by atoms with Gasteiger partial charge in [-0.2, -0.15) is 14.8 Å². The fourth-order valence-electron chi connectivity index (χ4n) is 2.21. The van der Waals surface area contributed by atoms with E-state index in [2.05, 4.69) is 15.1 Å².